The fourth-order valence-corrected chi connectivity index (χ4v) is 3.09. The van der Waals surface area contributed by atoms with E-state index in [-0.39, 0.29) is 12.0 Å². The van der Waals surface area contributed by atoms with Gasteiger partial charge in [-0.25, -0.2) is 0 Å². The number of aliphatic carboxylic acids is 1. The average Bonchev–Trinajstić information content (AvgIpc) is 2.70. The summed E-state index contributed by atoms with van der Waals surface area (Å²) in [5.41, 5.74) is -1.72. The first-order valence-electron chi connectivity index (χ1n) is 7.35. The van der Waals surface area contributed by atoms with Crippen LogP contribution in [-0.2, 0) is 9.53 Å². The van der Waals surface area contributed by atoms with Crippen molar-refractivity contribution in [3.8, 4) is 0 Å². The van der Waals surface area contributed by atoms with Gasteiger partial charge in [0.15, 0.2) is 0 Å². The Morgan fingerprint density at radius 1 is 1.25 bits per heavy atom. The van der Waals surface area contributed by atoms with E-state index < -0.39 is 17.2 Å². The van der Waals surface area contributed by atoms with Crippen LogP contribution in [0.3, 0.4) is 0 Å². The minimum absolute atomic E-state index is 0.201. The largest absolute Gasteiger partial charge is 0.481 e. The van der Waals surface area contributed by atoms with Crippen molar-refractivity contribution in [2.24, 2.45) is 5.92 Å². The summed E-state index contributed by atoms with van der Waals surface area (Å²) in [4.78, 5) is 10.9. The van der Waals surface area contributed by atoms with Crippen LogP contribution in [0.2, 0.25) is 0 Å². The first-order chi connectivity index (χ1) is 9.35. The van der Waals surface area contributed by atoms with E-state index in [1.54, 1.807) is 0 Å². The maximum atomic E-state index is 10.9. The predicted octanol–water partition coefficient (Wildman–Crippen LogP) is 0.122. The molecule has 0 aromatic rings. The molecule has 0 bridgehead atoms. The predicted molar refractivity (Wildman–Crippen MR) is 72.4 cm³/mol. The average molecular weight is 287 g/mol. The maximum Gasteiger partial charge on any atom is 0.306 e. The first kappa shape index (κ1) is 15.7. The quantitative estimate of drug-likeness (QED) is 0.573. The van der Waals surface area contributed by atoms with Crippen molar-refractivity contribution in [2.75, 3.05) is 19.7 Å². The number of carboxylic acids is 1. The molecule has 0 amide bonds. The number of ether oxygens (including phenoxy) is 1. The molecule has 1 saturated heterocycles. The normalized spacial score (nSPS) is 41.8. The molecule has 1 aliphatic heterocycles. The lowest BCUT2D eigenvalue weighted by molar-refractivity contribution is -0.144. The van der Waals surface area contributed by atoms with E-state index in [9.17, 15) is 15.0 Å². The molecule has 0 aromatic heterocycles. The highest BCUT2D eigenvalue weighted by Crippen LogP contribution is 2.32. The smallest absolute Gasteiger partial charge is 0.306 e. The van der Waals surface area contributed by atoms with Crippen molar-refractivity contribution in [3.05, 3.63) is 0 Å². The minimum Gasteiger partial charge on any atom is -0.481 e. The van der Waals surface area contributed by atoms with Gasteiger partial charge in [-0.05, 0) is 32.6 Å². The van der Waals surface area contributed by atoms with Crippen LogP contribution in [0.1, 0.15) is 39.0 Å². The SMILES string of the molecule is CC1OCCC1(O)CNCC1(O)CCC(C(=O)O)CC1. The fraction of sp³-hybridized carbons (Fsp3) is 0.929. The first-order valence-corrected chi connectivity index (χ1v) is 7.35. The molecule has 2 unspecified atom stereocenters. The van der Waals surface area contributed by atoms with Gasteiger partial charge in [0.25, 0.3) is 0 Å². The Morgan fingerprint density at radius 3 is 2.40 bits per heavy atom. The number of nitrogens with one attached hydrogen (secondary N) is 1. The zero-order valence-electron chi connectivity index (χ0n) is 12.0. The zero-order valence-corrected chi connectivity index (χ0v) is 12.0. The highest BCUT2D eigenvalue weighted by molar-refractivity contribution is 5.70. The van der Waals surface area contributed by atoms with Crippen molar-refractivity contribution < 1.29 is 24.9 Å². The summed E-state index contributed by atoms with van der Waals surface area (Å²) in [6.45, 7) is 3.18. The molecule has 1 saturated carbocycles. The van der Waals surface area contributed by atoms with Crippen LogP contribution in [-0.4, -0.2) is 58.3 Å². The lowest BCUT2D eigenvalue weighted by Crippen LogP contribution is -2.51. The van der Waals surface area contributed by atoms with E-state index >= 15 is 0 Å². The molecule has 2 fully saturated rings. The van der Waals surface area contributed by atoms with Gasteiger partial charge in [0.05, 0.1) is 17.6 Å². The van der Waals surface area contributed by atoms with Crippen LogP contribution in [0.25, 0.3) is 0 Å². The van der Waals surface area contributed by atoms with E-state index in [0.29, 0.717) is 51.8 Å². The highest BCUT2D eigenvalue weighted by Gasteiger charge is 2.40. The standard InChI is InChI=1S/C14H25NO5/c1-10-14(19,6-7-20-10)9-15-8-13(18)4-2-11(3-5-13)12(16)17/h10-11,15,18-19H,2-9H2,1H3,(H,16,17). The van der Waals surface area contributed by atoms with Crippen LogP contribution < -0.4 is 5.32 Å². The third kappa shape index (κ3) is 3.49. The molecular formula is C14H25NO5. The van der Waals surface area contributed by atoms with E-state index in [2.05, 4.69) is 5.32 Å². The van der Waals surface area contributed by atoms with Crippen LogP contribution in [0.5, 0.6) is 0 Å². The van der Waals surface area contributed by atoms with Gasteiger partial charge in [0.1, 0.15) is 5.60 Å². The van der Waals surface area contributed by atoms with Crippen molar-refractivity contribution in [3.63, 3.8) is 0 Å². The number of carboxylic acid groups (broad SMARTS) is 1. The lowest BCUT2D eigenvalue weighted by atomic mass is 9.78. The number of carbonyl (C=O) groups is 1. The van der Waals surface area contributed by atoms with Gasteiger partial charge in [-0.3, -0.25) is 4.79 Å². The molecule has 20 heavy (non-hydrogen) atoms. The summed E-state index contributed by atoms with van der Waals surface area (Å²) in [6, 6.07) is 0. The van der Waals surface area contributed by atoms with E-state index in [4.69, 9.17) is 9.84 Å². The summed E-state index contributed by atoms with van der Waals surface area (Å²) in [6.07, 6.45) is 2.39. The molecule has 6 nitrogen and oxygen atoms in total. The van der Waals surface area contributed by atoms with Crippen molar-refractivity contribution in [1.29, 1.82) is 0 Å². The van der Waals surface area contributed by atoms with Gasteiger partial charge >= 0.3 is 5.97 Å². The molecule has 6 heteroatoms. The molecule has 1 aliphatic carbocycles. The second-order valence-corrected chi connectivity index (χ2v) is 6.31. The Balaban J connectivity index is 1.75. The molecule has 4 N–H and O–H groups in total. The van der Waals surface area contributed by atoms with Gasteiger partial charge in [-0.2, -0.15) is 0 Å². The van der Waals surface area contributed by atoms with Crippen molar-refractivity contribution in [1.82, 2.24) is 5.32 Å². The van der Waals surface area contributed by atoms with Gasteiger partial charge in [0, 0.05) is 26.1 Å². The topological polar surface area (TPSA) is 99.0 Å². The van der Waals surface area contributed by atoms with E-state index in [0.717, 1.165) is 0 Å². The number of aliphatic hydroxyl groups is 2. The van der Waals surface area contributed by atoms with Gasteiger partial charge in [-0.15, -0.1) is 0 Å². The Kier molecular flexibility index (Phi) is 4.69. The molecule has 1 heterocycles. The number of rotatable bonds is 5. The number of hydrogen-bond donors (Lipinski definition) is 4. The van der Waals surface area contributed by atoms with Crippen molar-refractivity contribution >= 4 is 5.97 Å². The van der Waals surface area contributed by atoms with Gasteiger partial charge in [0.2, 0.25) is 0 Å². The van der Waals surface area contributed by atoms with Gasteiger partial charge in [-0.1, -0.05) is 0 Å². The highest BCUT2D eigenvalue weighted by atomic mass is 16.5. The Hall–Kier alpha value is -0.690. The summed E-state index contributed by atoms with van der Waals surface area (Å²) >= 11 is 0. The second kappa shape index (κ2) is 5.97. The maximum absolute atomic E-state index is 10.9. The van der Waals surface area contributed by atoms with Crippen LogP contribution in [0.15, 0.2) is 0 Å². The summed E-state index contributed by atoms with van der Waals surface area (Å²) in [5, 5.41) is 32.8. The number of hydrogen-bond acceptors (Lipinski definition) is 5. The Bertz CT molecular complexity index is 353. The summed E-state index contributed by atoms with van der Waals surface area (Å²) < 4.78 is 5.36. The van der Waals surface area contributed by atoms with Crippen LogP contribution in [0.4, 0.5) is 0 Å². The molecule has 116 valence electrons. The molecule has 0 spiro atoms. The van der Waals surface area contributed by atoms with Crippen LogP contribution >= 0.6 is 0 Å². The second-order valence-electron chi connectivity index (χ2n) is 6.31. The van der Waals surface area contributed by atoms with Crippen molar-refractivity contribution in [2.45, 2.75) is 56.3 Å². The van der Waals surface area contributed by atoms with E-state index in [1.165, 1.54) is 0 Å². The molecular weight excluding hydrogens is 262 g/mol. The molecule has 2 rings (SSSR count). The molecule has 2 aliphatic rings. The Morgan fingerprint density at radius 2 is 1.90 bits per heavy atom. The van der Waals surface area contributed by atoms with E-state index in [1.807, 2.05) is 6.92 Å². The third-order valence-electron chi connectivity index (χ3n) is 4.81. The van der Waals surface area contributed by atoms with Gasteiger partial charge < -0.3 is 25.4 Å². The monoisotopic (exact) mass is 287 g/mol. The Labute approximate surface area is 119 Å². The molecule has 0 aromatic carbocycles. The third-order valence-corrected chi connectivity index (χ3v) is 4.81. The summed E-state index contributed by atoms with van der Waals surface area (Å²) in [5.74, 6) is -1.10. The molecule has 2 atom stereocenters. The zero-order chi connectivity index (χ0) is 14.8. The van der Waals surface area contributed by atoms with Crippen LogP contribution in [0, 0.1) is 5.92 Å². The molecule has 0 radical (unpaired) electrons. The summed E-state index contributed by atoms with van der Waals surface area (Å²) in [7, 11) is 0. The fourth-order valence-electron chi connectivity index (χ4n) is 3.09. The minimum atomic E-state index is -0.866. The lowest BCUT2D eigenvalue weighted by Gasteiger charge is -2.36.